The molecule has 126 valence electrons. The van der Waals surface area contributed by atoms with Crippen molar-refractivity contribution in [3.05, 3.63) is 42.0 Å². The summed E-state index contributed by atoms with van der Waals surface area (Å²) in [5.74, 6) is 2.05. The molecule has 0 saturated heterocycles. The maximum Gasteiger partial charge on any atom is 0.0610 e. The molecule has 2 heteroatoms. The molecule has 2 aliphatic rings. The minimum Gasteiger partial charge on any atom is -0.392 e. The number of hydrogen-bond donors (Lipinski definition) is 1. The van der Waals surface area contributed by atoms with Crippen LogP contribution in [0.15, 0.2) is 46.9 Å². The molecule has 0 heterocycles. The lowest BCUT2D eigenvalue weighted by molar-refractivity contribution is 0.00522. The Bertz CT molecular complexity index is 536. The molecule has 1 N–H and O–H groups in total. The quantitative estimate of drug-likeness (QED) is 0.734. The average Bonchev–Trinajstić information content (AvgIpc) is 2.55. The van der Waals surface area contributed by atoms with Crippen LogP contribution in [0.3, 0.4) is 0 Å². The van der Waals surface area contributed by atoms with E-state index in [2.05, 4.69) is 57.2 Å². The first kappa shape index (κ1) is 17.1. The second kappa shape index (κ2) is 7.44. The molecule has 2 bridgehead atoms. The summed E-state index contributed by atoms with van der Waals surface area (Å²) in [5, 5.41) is 11.6. The van der Waals surface area contributed by atoms with E-state index in [9.17, 15) is 5.11 Å². The molecule has 0 spiro atoms. The van der Waals surface area contributed by atoms with Gasteiger partial charge in [-0.3, -0.25) is 0 Å². The molecular weight excluding hydrogens is 300 g/mol. The van der Waals surface area contributed by atoms with Crippen LogP contribution in [0.5, 0.6) is 0 Å². The second-order valence-electron chi connectivity index (χ2n) is 7.70. The van der Waals surface area contributed by atoms with Crippen LogP contribution < -0.4 is 0 Å². The van der Waals surface area contributed by atoms with Crippen LogP contribution in [-0.4, -0.2) is 16.5 Å². The maximum atomic E-state index is 11.1. The van der Waals surface area contributed by atoms with Gasteiger partial charge in [0.2, 0.25) is 0 Å². The topological polar surface area (TPSA) is 20.2 Å². The predicted molar refractivity (Wildman–Crippen MR) is 99.6 cm³/mol. The lowest BCUT2D eigenvalue weighted by Gasteiger charge is -2.46. The number of fused-ring (bicyclic) bond motifs is 2. The molecular formula is C21H30OS. The van der Waals surface area contributed by atoms with E-state index in [4.69, 9.17) is 0 Å². The van der Waals surface area contributed by atoms with E-state index in [-0.39, 0.29) is 6.10 Å². The van der Waals surface area contributed by atoms with E-state index in [0.717, 1.165) is 12.8 Å². The Morgan fingerprint density at radius 3 is 2.57 bits per heavy atom. The first-order valence-electron chi connectivity index (χ1n) is 9.16. The van der Waals surface area contributed by atoms with Gasteiger partial charge in [0.05, 0.1) is 6.10 Å². The van der Waals surface area contributed by atoms with Gasteiger partial charge in [0.1, 0.15) is 0 Å². The highest BCUT2D eigenvalue weighted by Crippen LogP contribution is 2.49. The van der Waals surface area contributed by atoms with Gasteiger partial charge in [-0.2, -0.15) is 0 Å². The van der Waals surface area contributed by atoms with Gasteiger partial charge in [0.15, 0.2) is 0 Å². The van der Waals surface area contributed by atoms with Crippen LogP contribution in [0.2, 0.25) is 0 Å². The third-order valence-electron chi connectivity index (χ3n) is 5.84. The first-order chi connectivity index (χ1) is 11.1. The number of hydrogen-bond acceptors (Lipinski definition) is 2. The fourth-order valence-electron chi connectivity index (χ4n) is 4.45. The van der Waals surface area contributed by atoms with Crippen LogP contribution in [-0.2, 0) is 0 Å². The summed E-state index contributed by atoms with van der Waals surface area (Å²) < 4.78 is 0. The van der Waals surface area contributed by atoms with Gasteiger partial charge in [-0.05, 0) is 55.6 Å². The fourth-order valence-corrected chi connectivity index (χ4v) is 5.94. The van der Waals surface area contributed by atoms with Crippen molar-refractivity contribution < 1.29 is 5.11 Å². The molecule has 1 aromatic rings. The summed E-state index contributed by atoms with van der Waals surface area (Å²) in [6, 6.07) is 10.7. The van der Waals surface area contributed by atoms with Crippen molar-refractivity contribution in [3.8, 4) is 0 Å². The van der Waals surface area contributed by atoms with E-state index in [1.165, 1.54) is 17.7 Å². The molecule has 0 radical (unpaired) electrons. The summed E-state index contributed by atoms with van der Waals surface area (Å²) in [5.41, 5.74) is 1.59. The van der Waals surface area contributed by atoms with Gasteiger partial charge in [-0.15, -0.1) is 11.8 Å². The molecule has 0 aliphatic heterocycles. The van der Waals surface area contributed by atoms with Gasteiger partial charge >= 0.3 is 0 Å². The van der Waals surface area contributed by atoms with Crippen LogP contribution in [0.4, 0.5) is 0 Å². The lowest BCUT2D eigenvalue weighted by Crippen LogP contribution is -2.45. The molecule has 1 aromatic carbocycles. The molecule has 1 nitrogen and oxygen atoms in total. The van der Waals surface area contributed by atoms with Gasteiger partial charge in [-0.1, -0.05) is 50.6 Å². The highest BCUT2D eigenvalue weighted by Gasteiger charge is 2.44. The Labute approximate surface area is 145 Å². The van der Waals surface area contributed by atoms with Gasteiger partial charge in [0.25, 0.3) is 0 Å². The standard InChI is InChI=1S/C21H30OS/c1-14(2)18-13-12-16-9-7-8-15(3)20(22)19(18)21(16)23-17-10-5-4-6-11-17/h4-6,9-11,14-15,18-22H,7-8,12-13H2,1-3H3/b16-9+/t15-,18?,19+,20+,21-/m1/s1. The van der Waals surface area contributed by atoms with E-state index in [0.29, 0.717) is 28.9 Å². The largest absolute Gasteiger partial charge is 0.392 e. The van der Waals surface area contributed by atoms with Crippen molar-refractivity contribution in [2.75, 3.05) is 0 Å². The minimum atomic E-state index is -0.174. The number of thioether (sulfide) groups is 1. The van der Waals surface area contributed by atoms with Crippen molar-refractivity contribution in [2.24, 2.45) is 23.7 Å². The molecule has 5 atom stereocenters. The third kappa shape index (κ3) is 3.69. The SMILES string of the molecule is CC(C)C1CC/C2=C\CC[C@@H](C)[C@H](O)[C@H]1[C@@H]2Sc1ccccc1. The van der Waals surface area contributed by atoms with Crippen molar-refractivity contribution in [3.63, 3.8) is 0 Å². The summed E-state index contributed by atoms with van der Waals surface area (Å²) in [6.07, 6.45) is 7.02. The summed E-state index contributed by atoms with van der Waals surface area (Å²) in [4.78, 5) is 1.33. The Kier molecular flexibility index (Phi) is 5.53. The summed E-state index contributed by atoms with van der Waals surface area (Å²) >= 11 is 1.98. The van der Waals surface area contributed by atoms with Gasteiger partial charge < -0.3 is 5.11 Å². The van der Waals surface area contributed by atoms with Crippen molar-refractivity contribution in [1.29, 1.82) is 0 Å². The molecule has 3 rings (SSSR count). The van der Waals surface area contributed by atoms with Crippen molar-refractivity contribution in [1.82, 2.24) is 0 Å². The fraction of sp³-hybridized carbons (Fsp3) is 0.619. The average molecular weight is 331 g/mol. The third-order valence-corrected chi connectivity index (χ3v) is 7.26. The zero-order chi connectivity index (χ0) is 16.4. The minimum absolute atomic E-state index is 0.174. The molecule has 1 saturated carbocycles. The number of allylic oxidation sites excluding steroid dienone is 1. The zero-order valence-corrected chi connectivity index (χ0v) is 15.4. The monoisotopic (exact) mass is 330 g/mol. The predicted octanol–water partition coefficient (Wildman–Crippen LogP) is 5.55. The van der Waals surface area contributed by atoms with Crippen molar-refractivity contribution >= 4 is 11.8 Å². The Morgan fingerprint density at radius 2 is 1.87 bits per heavy atom. The maximum absolute atomic E-state index is 11.1. The van der Waals surface area contributed by atoms with E-state index < -0.39 is 0 Å². The summed E-state index contributed by atoms with van der Waals surface area (Å²) in [7, 11) is 0. The van der Waals surface area contributed by atoms with Crippen molar-refractivity contribution in [2.45, 2.75) is 62.7 Å². The highest BCUT2D eigenvalue weighted by atomic mass is 32.2. The normalized spacial score (nSPS) is 36.9. The number of aliphatic hydroxyl groups is 1. The molecule has 1 fully saturated rings. The van der Waals surface area contributed by atoms with Crippen LogP contribution in [0.1, 0.15) is 46.5 Å². The smallest absolute Gasteiger partial charge is 0.0610 e. The molecule has 1 unspecified atom stereocenters. The summed E-state index contributed by atoms with van der Waals surface area (Å²) in [6.45, 7) is 6.90. The highest BCUT2D eigenvalue weighted by molar-refractivity contribution is 8.00. The number of benzene rings is 1. The molecule has 2 aliphatic carbocycles. The van der Waals surface area contributed by atoms with E-state index in [1.807, 2.05) is 11.8 Å². The van der Waals surface area contributed by atoms with Crippen LogP contribution in [0.25, 0.3) is 0 Å². The number of rotatable bonds is 3. The van der Waals surface area contributed by atoms with E-state index >= 15 is 0 Å². The van der Waals surface area contributed by atoms with Gasteiger partial charge in [0, 0.05) is 16.1 Å². The first-order valence-corrected chi connectivity index (χ1v) is 10.0. The Morgan fingerprint density at radius 1 is 1.13 bits per heavy atom. The zero-order valence-electron chi connectivity index (χ0n) is 14.6. The molecule has 0 aromatic heterocycles. The molecule has 23 heavy (non-hydrogen) atoms. The number of aliphatic hydroxyl groups excluding tert-OH is 1. The van der Waals surface area contributed by atoms with Crippen LogP contribution in [0, 0.1) is 23.7 Å². The Hall–Kier alpha value is -0.730. The van der Waals surface area contributed by atoms with Crippen LogP contribution >= 0.6 is 11.8 Å². The Balaban J connectivity index is 1.96. The van der Waals surface area contributed by atoms with Gasteiger partial charge in [-0.25, -0.2) is 0 Å². The van der Waals surface area contributed by atoms with E-state index in [1.54, 1.807) is 5.57 Å². The lowest BCUT2D eigenvalue weighted by atomic mass is 9.65. The molecule has 0 amide bonds. The second-order valence-corrected chi connectivity index (χ2v) is 8.91.